The predicted molar refractivity (Wildman–Crippen MR) is 151 cm³/mol. The smallest absolute Gasteiger partial charge is 0.231 e. The van der Waals surface area contributed by atoms with Gasteiger partial charge in [0.15, 0.2) is 5.82 Å². The summed E-state index contributed by atoms with van der Waals surface area (Å²) in [6, 6.07) is 25.2. The second-order valence-corrected chi connectivity index (χ2v) is 10.4. The third-order valence-electron chi connectivity index (χ3n) is 7.70. The van der Waals surface area contributed by atoms with E-state index in [1.54, 1.807) is 6.07 Å². The van der Waals surface area contributed by atoms with Crippen molar-refractivity contribution in [1.82, 2.24) is 19.9 Å². The highest BCUT2D eigenvalue weighted by Crippen LogP contribution is 2.29. The van der Waals surface area contributed by atoms with Crippen LogP contribution >= 0.6 is 0 Å². The van der Waals surface area contributed by atoms with E-state index in [1.807, 2.05) is 29.2 Å². The van der Waals surface area contributed by atoms with Crippen molar-refractivity contribution in [1.29, 1.82) is 0 Å². The Morgan fingerprint density at radius 3 is 2.41 bits per heavy atom. The normalized spacial score (nSPS) is 18.1. The molecular weight excluding hydrogens is 491 g/mol. The van der Waals surface area contributed by atoms with Gasteiger partial charge in [-0.3, -0.25) is 4.90 Å². The molecule has 0 amide bonds. The van der Waals surface area contributed by atoms with Crippen LogP contribution in [0.2, 0.25) is 0 Å². The third kappa shape index (κ3) is 5.92. The maximum absolute atomic E-state index is 14.1. The summed E-state index contributed by atoms with van der Waals surface area (Å²) in [5.41, 5.74) is 4.34. The highest BCUT2D eigenvalue weighted by Gasteiger charge is 2.29. The van der Waals surface area contributed by atoms with Crippen LogP contribution in [0.5, 0.6) is 0 Å². The Kier molecular flexibility index (Phi) is 7.47. The number of aromatic nitrogens is 3. The average Bonchev–Trinajstić information content (AvgIpc) is 2.98. The van der Waals surface area contributed by atoms with Crippen molar-refractivity contribution >= 4 is 11.9 Å². The van der Waals surface area contributed by atoms with Gasteiger partial charge in [-0.05, 0) is 48.1 Å². The summed E-state index contributed by atoms with van der Waals surface area (Å²) in [6.45, 7) is 3.49. The number of likely N-dealkylation sites (tertiary alicyclic amines) is 1. The quantitative estimate of drug-likeness (QED) is 0.364. The van der Waals surface area contributed by atoms with Crippen LogP contribution in [0.25, 0.3) is 11.4 Å². The summed E-state index contributed by atoms with van der Waals surface area (Å²) in [5, 5.41) is 13.8. The van der Waals surface area contributed by atoms with Crippen molar-refractivity contribution in [2.45, 2.75) is 44.4 Å². The summed E-state index contributed by atoms with van der Waals surface area (Å²) in [6.07, 6.45) is 2.65. The molecular formula is C31H33FN6O. The molecule has 0 radical (unpaired) electrons. The molecule has 2 aliphatic heterocycles. The number of nitrogens with one attached hydrogen (secondary N) is 1. The number of hydrogen-bond donors (Lipinski definition) is 2. The van der Waals surface area contributed by atoms with Crippen LogP contribution in [-0.4, -0.2) is 56.7 Å². The Balaban J connectivity index is 1.25. The summed E-state index contributed by atoms with van der Waals surface area (Å²) in [5.74, 6) is 1.05. The van der Waals surface area contributed by atoms with Crippen LogP contribution in [0.4, 0.5) is 16.3 Å². The van der Waals surface area contributed by atoms with Crippen molar-refractivity contribution in [3.63, 3.8) is 0 Å². The minimum atomic E-state index is -0.338. The molecule has 1 fully saturated rings. The Bertz CT molecular complexity index is 1410. The highest BCUT2D eigenvalue weighted by atomic mass is 19.1. The molecule has 2 N–H and O–H groups in total. The molecule has 200 valence electrons. The molecule has 1 atom stereocenters. The van der Waals surface area contributed by atoms with E-state index < -0.39 is 0 Å². The fourth-order valence-electron chi connectivity index (χ4n) is 5.56. The van der Waals surface area contributed by atoms with Gasteiger partial charge in [-0.2, -0.15) is 15.0 Å². The van der Waals surface area contributed by atoms with E-state index in [0.717, 1.165) is 32.5 Å². The second-order valence-electron chi connectivity index (χ2n) is 10.4. The number of hydrogen-bond acceptors (Lipinski definition) is 7. The van der Waals surface area contributed by atoms with Crippen LogP contribution in [-0.2, 0) is 19.5 Å². The molecule has 1 saturated heterocycles. The van der Waals surface area contributed by atoms with Gasteiger partial charge in [-0.25, -0.2) is 4.39 Å². The second kappa shape index (κ2) is 11.5. The van der Waals surface area contributed by atoms with E-state index in [2.05, 4.69) is 46.6 Å². The predicted octanol–water partition coefficient (Wildman–Crippen LogP) is 4.68. The van der Waals surface area contributed by atoms with Gasteiger partial charge in [0.2, 0.25) is 11.9 Å². The number of aliphatic hydroxyl groups is 1. The minimum Gasteiger partial charge on any atom is -0.394 e. The Hall–Kier alpha value is -3.88. The number of aliphatic hydroxyl groups excluding tert-OH is 1. The standard InChI is InChI=1S/C31H33FN6O/c32-26-12-6-11-24(17-26)29-34-30(33-27-13-15-37(16-14-27)19-22-7-2-1-3-8-22)36-31(35-29)38-20-25-10-5-4-9-23(25)18-28(38)21-39/h1-12,17,27-28,39H,13-16,18-21H2,(H,33,34,35,36)/t28-/m1/s1. The van der Waals surface area contributed by atoms with Crippen LogP contribution in [0.3, 0.4) is 0 Å². The third-order valence-corrected chi connectivity index (χ3v) is 7.70. The number of piperidine rings is 1. The molecule has 39 heavy (non-hydrogen) atoms. The van der Waals surface area contributed by atoms with Gasteiger partial charge in [-0.1, -0.05) is 66.7 Å². The lowest BCUT2D eigenvalue weighted by Gasteiger charge is -2.36. The van der Waals surface area contributed by atoms with E-state index >= 15 is 0 Å². The van der Waals surface area contributed by atoms with Gasteiger partial charge in [0, 0.05) is 37.8 Å². The molecule has 7 nitrogen and oxygen atoms in total. The minimum absolute atomic E-state index is 0.0159. The summed E-state index contributed by atoms with van der Waals surface area (Å²) in [7, 11) is 0. The first-order valence-corrected chi connectivity index (χ1v) is 13.6. The Labute approximate surface area is 228 Å². The zero-order valence-electron chi connectivity index (χ0n) is 21.9. The SMILES string of the molecule is OC[C@H]1Cc2ccccc2CN1c1nc(NC2CCN(Cc3ccccc3)CC2)nc(-c2cccc(F)c2)n1. The number of anilines is 2. The summed E-state index contributed by atoms with van der Waals surface area (Å²) >= 11 is 0. The topological polar surface area (TPSA) is 77.4 Å². The maximum Gasteiger partial charge on any atom is 0.231 e. The molecule has 0 saturated carbocycles. The lowest BCUT2D eigenvalue weighted by Crippen LogP contribution is -2.44. The molecule has 8 heteroatoms. The first kappa shape index (κ1) is 25.4. The number of halogens is 1. The van der Waals surface area contributed by atoms with Gasteiger partial charge in [-0.15, -0.1) is 0 Å². The molecule has 4 aromatic rings. The van der Waals surface area contributed by atoms with E-state index in [4.69, 9.17) is 15.0 Å². The van der Waals surface area contributed by atoms with Crippen LogP contribution in [0.1, 0.15) is 29.5 Å². The molecule has 2 aliphatic rings. The van der Waals surface area contributed by atoms with Crippen LogP contribution < -0.4 is 10.2 Å². The van der Waals surface area contributed by atoms with E-state index in [0.29, 0.717) is 36.3 Å². The number of benzene rings is 3. The highest BCUT2D eigenvalue weighted by molar-refractivity contribution is 5.59. The molecule has 3 aromatic carbocycles. The molecule has 0 aliphatic carbocycles. The molecule has 3 heterocycles. The zero-order chi connectivity index (χ0) is 26.6. The van der Waals surface area contributed by atoms with Crippen molar-refractivity contribution in [3.05, 3.63) is 101 Å². The fourth-order valence-corrected chi connectivity index (χ4v) is 5.56. The lowest BCUT2D eigenvalue weighted by atomic mass is 9.94. The van der Waals surface area contributed by atoms with Gasteiger partial charge in [0.25, 0.3) is 0 Å². The van der Waals surface area contributed by atoms with Crippen molar-refractivity contribution in [2.24, 2.45) is 0 Å². The van der Waals surface area contributed by atoms with Crippen molar-refractivity contribution in [3.8, 4) is 11.4 Å². The molecule has 0 spiro atoms. The van der Waals surface area contributed by atoms with Gasteiger partial charge >= 0.3 is 0 Å². The molecule has 6 rings (SSSR count). The summed E-state index contributed by atoms with van der Waals surface area (Å²) < 4.78 is 14.1. The van der Waals surface area contributed by atoms with Crippen LogP contribution in [0.15, 0.2) is 78.9 Å². The van der Waals surface area contributed by atoms with E-state index in [-0.39, 0.29) is 24.5 Å². The van der Waals surface area contributed by atoms with Gasteiger partial charge in [0.1, 0.15) is 5.82 Å². The molecule has 0 unspecified atom stereocenters. The molecule has 0 bridgehead atoms. The maximum atomic E-state index is 14.1. The van der Waals surface area contributed by atoms with E-state index in [9.17, 15) is 9.50 Å². The first-order valence-electron chi connectivity index (χ1n) is 13.6. The Morgan fingerprint density at radius 2 is 1.64 bits per heavy atom. The lowest BCUT2D eigenvalue weighted by molar-refractivity contribution is 0.211. The van der Waals surface area contributed by atoms with Crippen molar-refractivity contribution in [2.75, 3.05) is 29.9 Å². The largest absolute Gasteiger partial charge is 0.394 e. The monoisotopic (exact) mass is 524 g/mol. The fraction of sp³-hybridized carbons (Fsp3) is 0.323. The average molecular weight is 525 g/mol. The van der Waals surface area contributed by atoms with Gasteiger partial charge in [0.05, 0.1) is 12.6 Å². The first-order chi connectivity index (χ1) is 19.1. The number of nitrogens with zero attached hydrogens (tertiary/aromatic N) is 5. The Morgan fingerprint density at radius 1 is 0.872 bits per heavy atom. The number of rotatable bonds is 7. The van der Waals surface area contributed by atoms with E-state index in [1.165, 1.54) is 28.8 Å². The van der Waals surface area contributed by atoms with Crippen LogP contribution in [0, 0.1) is 5.82 Å². The zero-order valence-corrected chi connectivity index (χ0v) is 21.9. The summed E-state index contributed by atoms with van der Waals surface area (Å²) in [4.78, 5) is 18.8. The van der Waals surface area contributed by atoms with Crippen molar-refractivity contribution < 1.29 is 9.50 Å². The van der Waals surface area contributed by atoms with Gasteiger partial charge < -0.3 is 15.3 Å². The number of fused-ring (bicyclic) bond motifs is 1. The molecule has 1 aromatic heterocycles.